The van der Waals surface area contributed by atoms with Gasteiger partial charge in [0.15, 0.2) is 15.1 Å². The zero-order chi connectivity index (χ0) is 25.9. The minimum absolute atomic E-state index is 0.0261. The van der Waals surface area contributed by atoms with Crippen molar-refractivity contribution in [1.29, 1.82) is 0 Å². The number of sulfone groups is 1. The average molecular weight is 530 g/mol. The van der Waals surface area contributed by atoms with E-state index in [1.165, 1.54) is 6.07 Å². The molecule has 1 unspecified atom stereocenters. The molecule has 1 N–H and O–H groups in total. The molecule has 36 heavy (non-hydrogen) atoms. The second-order valence-corrected chi connectivity index (χ2v) is 11.0. The fourth-order valence-electron chi connectivity index (χ4n) is 3.80. The SMILES string of the molecule is O=C(O)C(CCn1nnc2ccc(F)cc2c1=O)S(=O)(=O)CCc1ccc(-c2ccc(Cl)cc2)cc1. The zero-order valence-electron chi connectivity index (χ0n) is 18.8. The zero-order valence-corrected chi connectivity index (χ0v) is 20.4. The molecule has 1 atom stereocenters. The van der Waals surface area contributed by atoms with Gasteiger partial charge in [0, 0.05) is 11.6 Å². The number of hydrogen-bond acceptors (Lipinski definition) is 6. The Hall–Kier alpha value is -3.63. The summed E-state index contributed by atoms with van der Waals surface area (Å²) in [6.07, 6.45) is -0.259. The van der Waals surface area contributed by atoms with E-state index in [1.54, 1.807) is 24.3 Å². The third-order valence-electron chi connectivity index (χ3n) is 5.80. The first-order valence-electron chi connectivity index (χ1n) is 11.0. The quantitative estimate of drug-likeness (QED) is 0.350. The van der Waals surface area contributed by atoms with E-state index in [1.807, 2.05) is 24.3 Å². The summed E-state index contributed by atoms with van der Waals surface area (Å²) in [6, 6.07) is 18.0. The molecule has 0 radical (unpaired) electrons. The van der Waals surface area contributed by atoms with Gasteiger partial charge in [-0.05, 0) is 59.9 Å². The van der Waals surface area contributed by atoms with Gasteiger partial charge in [-0.1, -0.05) is 53.2 Å². The molecule has 0 aliphatic rings. The van der Waals surface area contributed by atoms with E-state index in [0.717, 1.165) is 33.5 Å². The lowest BCUT2D eigenvalue weighted by Crippen LogP contribution is -2.35. The third kappa shape index (κ3) is 5.77. The van der Waals surface area contributed by atoms with Crippen LogP contribution in [0.4, 0.5) is 4.39 Å². The molecule has 0 aliphatic carbocycles. The highest BCUT2D eigenvalue weighted by Gasteiger charge is 2.32. The number of carboxylic acid groups (broad SMARTS) is 1. The Kier molecular flexibility index (Phi) is 7.46. The Labute approximate surface area is 210 Å². The number of nitrogens with zero attached hydrogens (tertiary/aromatic N) is 3. The average Bonchev–Trinajstić information content (AvgIpc) is 2.85. The number of aliphatic carboxylic acids is 1. The number of benzene rings is 3. The molecular formula is C25H21ClFN3O5S. The van der Waals surface area contributed by atoms with Crippen LogP contribution in [0.5, 0.6) is 0 Å². The van der Waals surface area contributed by atoms with E-state index in [2.05, 4.69) is 10.3 Å². The first-order valence-corrected chi connectivity index (χ1v) is 13.1. The summed E-state index contributed by atoms with van der Waals surface area (Å²) in [5.74, 6) is -2.53. The van der Waals surface area contributed by atoms with Crippen molar-refractivity contribution in [3.63, 3.8) is 0 Å². The molecule has 0 spiro atoms. The Balaban J connectivity index is 1.44. The fraction of sp³-hybridized carbons (Fsp3) is 0.200. The molecule has 0 fully saturated rings. The predicted octanol–water partition coefficient (Wildman–Crippen LogP) is 3.75. The van der Waals surface area contributed by atoms with Crippen molar-refractivity contribution in [1.82, 2.24) is 15.0 Å². The molecule has 8 nitrogen and oxygen atoms in total. The van der Waals surface area contributed by atoms with Crippen molar-refractivity contribution in [3.05, 3.63) is 93.5 Å². The highest BCUT2D eigenvalue weighted by molar-refractivity contribution is 7.92. The lowest BCUT2D eigenvalue weighted by molar-refractivity contribution is -0.136. The summed E-state index contributed by atoms with van der Waals surface area (Å²) in [7, 11) is -4.06. The van der Waals surface area contributed by atoms with Gasteiger partial charge in [0.2, 0.25) is 0 Å². The molecule has 0 saturated heterocycles. The summed E-state index contributed by atoms with van der Waals surface area (Å²) in [5.41, 5.74) is 2.13. The normalized spacial score (nSPS) is 12.5. The van der Waals surface area contributed by atoms with E-state index in [9.17, 15) is 27.5 Å². The molecule has 1 heterocycles. The molecule has 0 saturated carbocycles. The van der Waals surface area contributed by atoms with Gasteiger partial charge in [-0.25, -0.2) is 17.5 Å². The number of rotatable bonds is 9. The van der Waals surface area contributed by atoms with Gasteiger partial charge in [0.1, 0.15) is 11.3 Å². The van der Waals surface area contributed by atoms with Crippen LogP contribution in [0.1, 0.15) is 12.0 Å². The number of aryl methyl sites for hydroxylation is 2. The first kappa shape index (κ1) is 25.5. The summed E-state index contributed by atoms with van der Waals surface area (Å²) in [4.78, 5) is 24.3. The maximum Gasteiger partial charge on any atom is 0.321 e. The van der Waals surface area contributed by atoms with Crippen LogP contribution >= 0.6 is 11.6 Å². The third-order valence-corrected chi connectivity index (χ3v) is 8.13. The molecule has 186 valence electrons. The summed E-state index contributed by atoms with van der Waals surface area (Å²) < 4.78 is 40.1. The Morgan fingerprint density at radius 2 is 1.67 bits per heavy atom. The molecule has 4 aromatic rings. The van der Waals surface area contributed by atoms with Gasteiger partial charge < -0.3 is 5.11 Å². The van der Waals surface area contributed by atoms with E-state index in [-0.39, 0.29) is 36.0 Å². The van der Waals surface area contributed by atoms with Crippen molar-refractivity contribution in [2.75, 3.05) is 5.75 Å². The van der Waals surface area contributed by atoms with Gasteiger partial charge in [0.05, 0.1) is 11.1 Å². The van der Waals surface area contributed by atoms with Gasteiger partial charge >= 0.3 is 5.97 Å². The van der Waals surface area contributed by atoms with Crippen LogP contribution in [0, 0.1) is 5.82 Å². The summed E-state index contributed by atoms with van der Waals surface area (Å²) in [5, 5.41) is 16.0. The molecular weight excluding hydrogens is 509 g/mol. The van der Waals surface area contributed by atoms with Crippen molar-refractivity contribution >= 4 is 38.3 Å². The summed E-state index contributed by atoms with van der Waals surface area (Å²) in [6.45, 7) is -0.301. The van der Waals surface area contributed by atoms with Crippen LogP contribution < -0.4 is 5.56 Å². The van der Waals surface area contributed by atoms with Crippen LogP contribution in [-0.4, -0.2) is 45.5 Å². The molecule has 4 rings (SSSR count). The molecule has 3 aromatic carbocycles. The maximum absolute atomic E-state index is 13.5. The molecule has 1 aromatic heterocycles. The standard InChI is InChI=1S/C25H21ClFN3O5S/c26-19-7-5-18(6-8-19)17-3-1-16(2-4-17)12-14-36(34,35)23(25(32)33)11-13-30-24(31)21-15-20(27)9-10-22(21)28-29-30/h1-10,15,23H,11-14H2,(H,32,33). The van der Waals surface area contributed by atoms with Crippen LogP contribution in [-0.2, 0) is 27.6 Å². The van der Waals surface area contributed by atoms with Gasteiger partial charge in [-0.3, -0.25) is 9.59 Å². The Morgan fingerprint density at radius 3 is 2.31 bits per heavy atom. The Bertz CT molecular complexity index is 1570. The predicted molar refractivity (Wildman–Crippen MR) is 134 cm³/mol. The topological polar surface area (TPSA) is 119 Å². The van der Waals surface area contributed by atoms with E-state index >= 15 is 0 Å². The molecule has 0 amide bonds. The number of carbonyl (C=O) groups is 1. The van der Waals surface area contributed by atoms with Crippen LogP contribution in [0.15, 0.2) is 71.5 Å². The van der Waals surface area contributed by atoms with Crippen molar-refractivity contribution in [3.8, 4) is 11.1 Å². The van der Waals surface area contributed by atoms with E-state index < -0.39 is 32.4 Å². The lowest BCUT2D eigenvalue weighted by Gasteiger charge is -2.14. The van der Waals surface area contributed by atoms with Gasteiger partial charge in [0.25, 0.3) is 5.56 Å². The maximum atomic E-state index is 13.5. The minimum atomic E-state index is -4.06. The lowest BCUT2D eigenvalue weighted by atomic mass is 10.0. The number of halogens is 2. The number of carboxylic acids is 1. The number of fused-ring (bicyclic) bond motifs is 1. The van der Waals surface area contributed by atoms with Gasteiger partial charge in [-0.15, -0.1) is 5.10 Å². The van der Waals surface area contributed by atoms with Crippen LogP contribution in [0.2, 0.25) is 5.02 Å². The van der Waals surface area contributed by atoms with Crippen molar-refractivity contribution < 1.29 is 22.7 Å². The minimum Gasteiger partial charge on any atom is -0.480 e. The first-order chi connectivity index (χ1) is 17.1. The largest absolute Gasteiger partial charge is 0.480 e. The van der Waals surface area contributed by atoms with Crippen molar-refractivity contribution in [2.24, 2.45) is 0 Å². The van der Waals surface area contributed by atoms with Crippen LogP contribution in [0.3, 0.4) is 0 Å². The number of hydrogen-bond donors (Lipinski definition) is 1. The smallest absolute Gasteiger partial charge is 0.321 e. The second-order valence-electron chi connectivity index (χ2n) is 8.22. The highest BCUT2D eigenvalue weighted by atomic mass is 35.5. The summed E-state index contributed by atoms with van der Waals surface area (Å²) >= 11 is 5.91. The molecule has 0 aliphatic heterocycles. The molecule has 11 heteroatoms. The molecule has 0 bridgehead atoms. The fourth-order valence-corrected chi connectivity index (χ4v) is 5.50. The Morgan fingerprint density at radius 1 is 1.03 bits per heavy atom. The highest BCUT2D eigenvalue weighted by Crippen LogP contribution is 2.22. The second kappa shape index (κ2) is 10.5. The van der Waals surface area contributed by atoms with Gasteiger partial charge in [-0.2, -0.15) is 0 Å². The van der Waals surface area contributed by atoms with E-state index in [4.69, 9.17) is 11.6 Å². The van der Waals surface area contributed by atoms with Crippen LogP contribution in [0.25, 0.3) is 22.0 Å². The monoisotopic (exact) mass is 529 g/mol. The van der Waals surface area contributed by atoms with Crippen molar-refractivity contribution in [2.45, 2.75) is 24.6 Å². The number of aromatic nitrogens is 3. The van der Waals surface area contributed by atoms with E-state index in [0.29, 0.717) is 5.02 Å².